The summed E-state index contributed by atoms with van der Waals surface area (Å²) in [5.41, 5.74) is 0. The van der Waals surface area contributed by atoms with Crippen molar-refractivity contribution in [3.63, 3.8) is 0 Å². The van der Waals surface area contributed by atoms with E-state index in [2.05, 4.69) is 0 Å². The molecule has 25 heavy (non-hydrogen) atoms. The summed E-state index contributed by atoms with van der Waals surface area (Å²) in [6.07, 6.45) is 3.81. The summed E-state index contributed by atoms with van der Waals surface area (Å²) in [4.78, 5) is 27.8. The number of likely N-dealkylation sites (tertiary alicyclic amines) is 1. The predicted molar refractivity (Wildman–Crippen MR) is 97.1 cm³/mol. The SMILES string of the molecule is CS(=O)(=O)N1CCC(C(=O)N2CCC(C(=O)c3cccs3)CC2)CC1. The molecule has 0 bridgehead atoms. The van der Waals surface area contributed by atoms with Crippen LogP contribution in [-0.4, -0.2) is 61.7 Å². The number of sulfonamides is 1. The molecule has 0 atom stereocenters. The minimum atomic E-state index is -3.17. The summed E-state index contributed by atoms with van der Waals surface area (Å²) in [5.74, 6) is 0.232. The minimum absolute atomic E-state index is 0.00906. The highest BCUT2D eigenvalue weighted by Crippen LogP contribution is 2.27. The lowest BCUT2D eigenvalue weighted by atomic mass is 9.90. The molecule has 2 aliphatic heterocycles. The first-order valence-corrected chi connectivity index (χ1v) is 11.4. The van der Waals surface area contributed by atoms with Gasteiger partial charge in [0.05, 0.1) is 11.1 Å². The lowest BCUT2D eigenvalue weighted by Gasteiger charge is -2.36. The van der Waals surface area contributed by atoms with Crippen LogP contribution in [0.1, 0.15) is 35.4 Å². The van der Waals surface area contributed by atoms with E-state index in [1.807, 2.05) is 22.4 Å². The number of amides is 1. The molecule has 2 fully saturated rings. The molecular weight excluding hydrogens is 360 g/mol. The third-order valence-electron chi connectivity index (χ3n) is 5.21. The van der Waals surface area contributed by atoms with Gasteiger partial charge in [-0.2, -0.15) is 0 Å². The molecule has 138 valence electrons. The molecule has 1 aromatic rings. The second-order valence-corrected chi connectivity index (χ2v) is 9.81. The number of hydrogen-bond donors (Lipinski definition) is 0. The van der Waals surface area contributed by atoms with Crippen LogP contribution in [0.5, 0.6) is 0 Å². The van der Waals surface area contributed by atoms with Crippen molar-refractivity contribution in [3.05, 3.63) is 22.4 Å². The Labute approximate surface area is 152 Å². The van der Waals surface area contributed by atoms with Crippen LogP contribution >= 0.6 is 11.3 Å². The van der Waals surface area contributed by atoms with Crippen molar-refractivity contribution in [2.24, 2.45) is 11.8 Å². The van der Waals surface area contributed by atoms with E-state index in [0.717, 1.165) is 4.88 Å². The van der Waals surface area contributed by atoms with Gasteiger partial charge in [-0.05, 0) is 37.1 Å². The molecule has 3 rings (SSSR count). The van der Waals surface area contributed by atoms with Crippen LogP contribution in [0.2, 0.25) is 0 Å². The molecule has 8 heteroatoms. The molecule has 0 saturated carbocycles. The molecule has 0 unspecified atom stereocenters. The Morgan fingerprint density at radius 2 is 1.64 bits per heavy atom. The standard InChI is InChI=1S/C17H24N2O4S2/c1-25(22,23)19-10-6-14(7-11-19)17(21)18-8-4-13(5-9-18)16(20)15-3-2-12-24-15/h2-3,12-14H,4-11H2,1H3. The van der Waals surface area contributed by atoms with E-state index >= 15 is 0 Å². The van der Waals surface area contributed by atoms with Gasteiger partial charge in [0.2, 0.25) is 15.9 Å². The first-order chi connectivity index (χ1) is 11.9. The highest BCUT2D eigenvalue weighted by molar-refractivity contribution is 7.88. The summed E-state index contributed by atoms with van der Waals surface area (Å²) < 4.78 is 24.6. The number of thiophene rings is 1. The van der Waals surface area contributed by atoms with Crippen LogP contribution < -0.4 is 0 Å². The third kappa shape index (κ3) is 4.30. The maximum absolute atomic E-state index is 12.7. The zero-order chi connectivity index (χ0) is 18.0. The Hall–Kier alpha value is -1.25. The van der Waals surface area contributed by atoms with E-state index in [1.54, 1.807) is 0 Å². The summed E-state index contributed by atoms with van der Waals surface area (Å²) in [6.45, 7) is 2.07. The summed E-state index contributed by atoms with van der Waals surface area (Å²) >= 11 is 1.47. The predicted octanol–water partition coefficient (Wildman–Crippen LogP) is 1.84. The molecule has 2 aliphatic rings. The van der Waals surface area contributed by atoms with E-state index in [-0.39, 0.29) is 23.5 Å². The second-order valence-electron chi connectivity index (χ2n) is 6.88. The van der Waals surface area contributed by atoms with E-state index in [4.69, 9.17) is 0 Å². The third-order valence-corrected chi connectivity index (χ3v) is 7.40. The summed E-state index contributed by atoms with van der Waals surface area (Å²) in [7, 11) is -3.17. The largest absolute Gasteiger partial charge is 0.342 e. The van der Waals surface area contributed by atoms with Crippen molar-refractivity contribution in [3.8, 4) is 0 Å². The van der Waals surface area contributed by atoms with Gasteiger partial charge in [-0.15, -0.1) is 11.3 Å². The molecule has 1 aromatic heterocycles. The number of carbonyl (C=O) groups excluding carboxylic acids is 2. The highest BCUT2D eigenvalue weighted by Gasteiger charge is 2.34. The fourth-order valence-corrected chi connectivity index (χ4v) is 5.29. The number of Topliss-reactive ketones (excluding diaryl/α,β-unsaturated/α-hetero) is 1. The lowest BCUT2D eigenvalue weighted by molar-refractivity contribution is -0.138. The summed E-state index contributed by atoms with van der Waals surface area (Å²) in [6, 6.07) is 3.75. The van der Waals surface area contributed by atoms with Gasteiger partial charge in [0, 0.05) is 38.0 Å². The van der Waals surface area contributed by atoms with Gasteiger partial charge in [0.1, 0.15) is 0 Å². The van der Waals surface area contributed by atoms with Gasteiger partial charge in [-0.1, -0.05) is 6.07 Å². The topological polar surface area (TPSA) is 74.8 Å². The Morgan fingerprint density at radius 3 is 2.16 bits per heavy atom. The number of ketones is 1. The van der Waals surface area contributed by atoms with Gasteiger partial charge in [0.25, 0.3) is 0 Å². The zero-order valence-corrected chi connectivity index (χ0v) is 16.0. The zero-order valence-electron chi connectivity index (χ0n) is 14.4. The van der Waals surface area contributed by atoms with E-state index < -0.39 is 10.0 Å². The highest BCUT2D eigenvalue weighted by atomic mass is 32.2. The average molecular weight is 385 g/mol. The first-order valence-electron chi connectivity index (χ1n) is 8.68. The van der Waals surface area contributed by atoms with Crippen LogP contribution in [-0.2, 0) is 14.8 Å². The molecule has 0 aliphatic carbocycles. The molecule has 2 saturated heterocycles. The van der Waals surface area contributed by atoms with Gasteiger partial charge in [0.15, 0.2) is 5.78 Å². The van der Waals surface area contributed by atoms with Gasteiger partial charge in [-0.3, -0.25) is 9.59 Å². The Bertz CT molecular complexity index is 714. The van der Waals surface area contributed by atoms with Crippen molar-refractivity contribution in [1.29, 1.82) is 0 Å². The fraction of sp³-hybridized carbons (Fsp3) is 0.647. The number of hydrogen-bond acceptors (Lipinski definition) is 5. The average Bonchev–Trinajstić information content (AvgIpc) is 3.14. The van der Waals surface area contributed by atoms with Crippen molar-refractivity contribution in [2.75, 3.05) is 32.4 Å². The normalized spacial score (nSPS) is 21.4. The molecule has 1 amide bonds. The fourth-order valence-electron chi connectivity index (χ4n) is 3.67. The molecule has 0 spiro atoms. The first kappa shape index (κ1) is 18.5. The van der Waals surface area contributed by atoms with Crippen LogP contribution in [0.25, 0.3) is 0 Å². The smallest absolute Gasteiger partial charge is 0.225 e. The van der Waals surface area contributed by atoms with Gasteiger partial charge in [-0.25, -0.2) is 12.7 Å². The summed E-state index contributed by atoms with van der Waals surface area (Å²) in [5, 5.41) is 1.91. The Kier molecular flexibility index (Phi) is 5.60. The lowest BCUT2D eigenvalue weighted by Crippen LogP contribution is -2.47. The quantitative estimate of drug-likeness (QED) is 0.743. The number of rotatable bonds is 4. The van der Waals surface area contributed by atoms with E-state index in [9.17, 15) is 18.0 Å². The van der Waals surface area contributed by atoms with Crippen LogP contribution in [0.3, 0.4) is 0 Å². The van der Waals surface area contributed by atoms with E-state index in [1.165, 1.54) is 21.9 Å². The van der Waals surface area contributed by atoms with Crippen LogP contribution in [0, 0.1) is 11.8 Å². The van der Waals surface area contributed by atoms with Crippen LogP contribution in [0.4, 0.5) is 0 Å². The maximum atomic E-state index is 12.7. The van der Waals surface area contributed by atoms with E-state index in [0.29, 0.717) is 51.9 Å². The maximum Gasteiger partial charge on any atom is 0.225 e. The van der Waals surface area contributed by atoms with Gasteiger partial charge < -0.3 is 4.90 Å². The number of carbonyl (C=O) groups is 2. The molecule has 0 aromatic carbocycles. The van der Waals surface area contributed by atoms with Crippen LogP contribution in [0.15, 0.2) is 17.5 Å². The Balaban J connectivity index is 1.50. The molecule has 3 heterocycles. The monoisotopic (exact) mass is 384 g/mol. The minimum Gasteiger partial charge on any atom is -0.342 e. The van der Waals surface area contributed by atoms with Gasteiger partial charge >= 0.3 is 0 Å². The van der Waals surface area contributed by atoms with Crippen molar-refractivity contribution in [1.82, 2.24) is 9.21 Å². The van der Waals surface area contributed by atoms with Crippen molar-refractivity contribution < 1.29 is 18.0 Å². The molecule has 6 nitrogen and oxygen atoms in total. The van der Waals surface area contributed by atoms with Crippen molar-refractivity contribution in [2.45, 2.75) is 25.7 Å². The number of nitrogens with zero attached hydrogens (tertiary/aromatic N) is 2. The second kappa shape index (κ2) is 7.55. The molecule has 0 radical (unpaired) electrons. The Morgan fingerprint density at radius 1 is 1.04 bits per heavy atom. The molecular formula is C17H24N2O4S2. The molecule has 0 N–H and O–H groups in total. The number of piperidine rings is 2. The van der Waals surface area contributed by atoms with Crippen molar-refractivity contribution >= 4 is 33.1 Å².